The second-order valence-corrected chi connectivity index (χ2v) is 8.58. The van der Waals surface area contributed by atoms with Gasteiger partial charge < -0.3 is 10.1 Å². The average Bonchev–Trinajstić information content (AvgIpc) is 3.04. The quantitative estimate of drug-likeness (QED) is 0.701. The number of ether oxygens (including phenoxy) is 1. The Bertz CT molecular complexity index is 1110. The Morgan fingerprint density at radius 3 is 2.86 bits per heavy atom. The summed E-state index contributed by atoms with van der Waals surface area (Å²) in [5, 5.41) is 12.0. The molecule has 0 unspecified atom stereocenters. The first-order valence-electron chi connectivity index (χ1n) is 8.96. The summed E-state index contributed by atoms with van der Waals surface area (Å²) in [7, 11) is 0. The zero-order valence-corrected chi connectivity index (χ0v) is 17.1. The van der Waals surface area contributed by atoms with Crippen LogP contribution in [0.3, 0.4) is 0 Å². The molecule has 1 atom stereocenters. The molecule has 3 aromatic rings. The number of anilines is 1. The third-order valence-electron chi connectivity index (χ3n) is 5.04. The van der Waals surface area contributed by atoms with Crippen molar-refractivity contribution in [3.63, 3.8) is 0 Å². The van der Waals surface area contributed by atoms with Crippen LogP contribution in [0, 0.1) is 0 Å². The number of nitrogens with one attached hydrogen (secondary N) is 1. The van der Waals surface area contributed by atoms with Crippen LogP contribution in [0.2, 0.25) is 5.02 Å². The van der Waals surface area contributed by atoms with E-state index in [9.17, 15) is 9.59 Å². The van der Waals surface area contributed by atoms with Gasteiger partial charge in [0.1, 0.15) is 6.54 Å². The molecule has 7 nitrogen and oxygen atoms in total. The van der Waals surface area contributed by atoms with Crippen LogP contribution in [-0.4, -0.2) is 26.5 Å². The van der Waals surface area contributed by atoms with E-state index in [1.54, 1.807) is 24.3 Å². The summed E-state index contributed by atoms with van der Waals surface area (Å²) in [6.45, 7) is 4.37. The van der Waals surface area contributed by atoms with Crippen LogP contribution < -0.4 is 10.9 Å². The zero-order valence-electron chi connectivity index (χ0n) is 15.5. The highest BCUT2D eigenvalue weighted by Crippen LogP contribution is 2.37. The highest BCUT2D eigenvalue weighted by Gasteiger charge is 2.33. The first kappa shape index (κ1) is 19.0. The van der Waals surface area contributed by atoms with Crippen LogP contribution in [0.1, 0.15) is 30.7 Å². The molecule has 1 aliphatic rings. The molecule has 0 saturated carbocycles. The van der Waals surface area contributed by atoms with Crippen molar-refractivity contribution < 1.29 is 9.53 Å². The fourth-order valence-electron chi connectivity index (χ4n) is 3.22. The number of carbonyl (C=O) groups is 1. The Labute approximate surface area is 170 Å². The van der Waals surface area contributed by atoms with Crippen LogP contribution >= 0.6 is 22.9 Å². The van der Waals surface area contributed by atoms with Gasteiger partial charge in [-0.1, -0.05) is 23.7 Å². The molecule has 4 rings (SSSR count). The van der Waals surface area contributed by atoms with Gasteiger partial charge in [0, 0.05) is 22.0 Å². The lowest BCUT2D eigenvalue weighted by atomic mass is 9.90. The largest absolute Gasteiger partial charge is 0.369 e. The molecule has 0 saturated heterocycles. The predicted octanol–water partition coefficient (Wildman–Crippen LogP) is 3.39. The number of thiophene rings is 1. The Hall–Kier alpha value is -2.29. The van der Waals surface area contributed by atoms with E-state index in [1.165, 1.54) is 11.3 Å². The van der Waals surface area contributed by atoms with E-state index in [4.69, 9.17) is 16.3 Å². The molecule has 1 amide bonds. The molecule has 0 bridgehead atoms. The molecule has 1 aromatic carbocycles. The summed E-state index contributed by atoms with van der Waals surface area (Å²) in [4.78, 5) is 27.0. The van der Waals surface area contributed by atoms with Crippen molar-refractivity contribution >= 4 is 44.7 Å². The fraction of sp³-hybridized carbons (Fsp3) is 0.368. The number of amides is 1. The van der Waals surface area contributed by atoms with Gasteiger partial charge in [-0.2, -0.15) is 0 Å². The van der Waals surface area contributed by atoms with Crippen LogP contribution in [0.25, 0.3) is 10.2 Å². The number of rotatable bonds is 4. The predicted molar refractivity (Wildman–Crippen MR) is 109 cm³/mol. The number of aromatic nitrogens is 3. The van der Waals surface area contributed by atoms with E-state index in [0.717, 1.165) is 21.5 Å². The standard InChI is InChI=1S/C19H19ClN4O3S/c1-3-19(2)8-13-14(10-27-19)28-17-16(13)18(26)24(23-22-17)9-15(25)21-12-6-4-11(20)5-7-12/h4-7H,3,8-10H2,1-2H3,(H,21,25)/t19-/m1/s1. The molecule has 9 heteroatoms. The third kappa shape index (κ3) is 3.55. The summed E-state index contributed by atoms with van der Waals surface area (Å²) >= 11 is 7.28. The normalized spacial score (nSPS) is 18.8. The third-order valence-corrected chi connectivity index (χ3v) is 6.38. The van der Waals surface area contributed by atoms with E-state index >= 15 is 0 Å². The van der Waals surface area contributed by atoms with Crippen LogP contribution in [0.15, 0.2) is 29.1 Å². The van der Waals surface area contributed by atoms with Gasteiger partial charge in [-0.05, 0) is 43.2 Å². The van der Waals surface area contributed by atoms with Crippen LogP contribution in [0.4, 0.5) is 5.69 Å². The van der Waals surface area contributed by atoms with Crippen molar-refractivity contribution in [3.8, 4) is 0 Å². The molecule has 146 valence electrons. The summed E-state index contributed by atoms with van der Waals surface area (Å²) in [5.41, 5.74) is 0.977. The van der Waals surface area contributed by atoms with Gasteiger partial charge in [-0.15, -0.1) is 16.4 Å². The van der Waals surface area contributed by atoms with Crippen molar-refractivity contribution in [1.29, 1.82) is 0 Å². The van der Waals surface area contributed by atoms with Crippen molar-refractivity contribution in [2.24, 2.45) is 0 Å². The van der Waals surface area contributed by atoms with Crippen molar-refractivity contribution in [2.45, 2.75) is 45.4 Å². The van der Waals surface area contributed by atoms with Crippen molar-refractivity contribution in [1.82, 2.24) is 15.0 Å². The Morgan fingerprint density at radius 1 is 1.39 bits per heavy atom. The zero-order chi connectivity index (χ0) is 19.9. The van der Waals surface area contributed by atoms with Gasteiger partial charge in [-0.25, -0.2) is 4.68 Å². The molecule has 0 aliphatic carbocycles. The Morgan fingerprint density at radius 2 is 2.14 bits per heavy atom. The van der Waals surface area contributed by atoms with E-state index in [0.29, 0.717) is 34.0 Å². The second kappa shape index (κ2) is 7.27. The number of benzene rings is 1. The summed E-state index contributed by atoms with van der Waals surface area (Å²) in [6.07, 6.45) is 1.50. The van der Waals surface area contributed by atoms with Gasteiger partial charge in [0.2, 0.25) is 5.91 Å². The number of hydrogen-bond donors (Lipinski definition) is 1. The second-order valence-electron chi connectivity index (χ2n) is 7.06. The van der Waals surface area contributed by atoms with Crippen LogP contribution in [0.5, 0.6) is 0 Å². The minimum Gasteiger partial charge on any atom is -0.369 e. The van der Waals surface area contributed by atoms with Gasteiger partial charge >= 0.3 is 0 Å². The van der Waals surface area contributed by atoms with Gasteiger partial charge in [0.05, 0.1) is 17.6 Å². The lowest BCUT2D eigenvalue weighted by Crippen LogP contribution is -2.35. The lowest BCUT2D eigenvalue weighted by Gasteiger charge is -2.32. The van der Waals surface area contributed by atoms with E-state index < -0.39 is 0 Å². The average molecular weight is 419 g/mol. The lowest BCUT2D eigenvalue weighted by molar-refractivity contribution is -0.117. The Balaban J connectivity index is 1.63. The van der Waals surface area contributed by atoms with E-state index in [1.807, 2.05) is 6.92 Å². The van der Waals surface area contributed by atoms with Crippen molar-refractivity contribution in [3.05, 3.63) is 50.1 Å². The van der Waals surface area contributed by atoms with E-state index in [2.05, 4.69) is 22.6 Å². The highest BCUT2D eigenvalue weighted by molar-refractivity contribution is 7.18. The number of fused-ring (bicyclic) bond motifs is 3. The highest BCUT2D eigenvalue weighted by atomic mass is 35.5. The molecule has 1 N–H and O–H groups in total. The number of carbonyl (C=O) groups excluding carboxylic acids is 1. The molecule has 28 heavy (non-hydrogen) atoms. The number of hydrogen-bond acceptors (Lipinski definition) is 6. The SMILES string of the molecule is CC[C@]1(C)Cc2c(sc3nnn(CC(=O)Nc4ccc(Cl)cc4)c(=O)c23)CO1. The molecule has 0 spiro atoms. The first-order chi connectivity index (χ1) is 13.4. The molecule has 3 heterocycles. The monoisotopic (exact) mass is 418 g/mol. The Kier molecular flexibility index (Phi) is 4.95. The summed E-state index contributed by atoms with van der Waals surface area (Å²) in [5.74, 6) is -0.358. The summed E-state index contributed by atoms with van der Waals surface area (Å²) < 4.78 is 7.07. The fourth-order valence-corrected chi connectivity index (χ4v) is 4.39. The minimum absolute atomic E-state index is 0.212. The van der Waals surface area contributed by atoms with Crippen LogP contribution in [-0.2, 0) is 29.1 Å². The summed E-state index contributed by atoms with van der Waals surface area (Å²) in [6, 6.07) is 6.75. The molecular formula is C19H19ClN4O3S. The van der Waals surface area contributed by atoms with Gasteiger partial charge in [0.25, 0.3) is 5.56 Å². The first-order valence-corrected chi connectivity index (χ1v) is 10.2. The van der Waals surface area contributed by atoms with Gasteiger partial charge in [0.15, 0.2) is 4.83 Å². The molecule has 0 fully saturated rings. The maximum atomic E-state index is 13.0. The molecule has 2 aromatic heterocycles. The van der Waals surface area contributed by atoms with Crippen molar-refractivity contribution in [2.75, 3.05) is 5.32 Å². The van der Waals surface area contributed by atoms with E-state index in [-0.39, 0.29) is 23.6 Å². The molecule has 1 aliphatic heterocycles. The number of halogens is 1. The smallest absolute Gasteiger partial charge is 0.279 e. The number of nitrogens with zero attached hydrogens (tertiary/aromatic N) is 3. The van der Waals surface area contributed by atoms with Gasteiger partial charge in [-0.3, -0.25) is 9.59 Å². The minimum atomic E-state index is -0.358. The molecular weight excluding hydrogens is 400 g/mol. The topological polar surface area (TPSA) is 86.1 Å². The maximum absolute atomic E-state index is 13.0. The molecule has 0 radical (unpaired) electrons. The maximum Gasteiger partial charge on any atom is 0.279 e.